The summed E-state index contributed by atoms with van der Waals surface area (Å²) in [4.78, 5) is 38.0. The second-order valence-corrected chi connectivity index (χ2v) is 22.0. The van der Waals surface area contributed by atoms with Crippen molar-refractivity contribution >= 4 is 17.9 Å². The number of hydrogen-bond donors (Lipinski definition) is 0. The Kier molecular flexibility index (Phi) is 60.2. The van der Waals surface area contributed by atoms with Gasteiger partial charge in [-0.05, 0) is 57.8 Å². The van der Waals surface area contributed by atoms with Crippen LogP contribution in [0.1, 0.15) is 355 Å². The molecule has 0 aromatic carbocycles. The van der Waals surface area contributed by atoms with Crippen molar-refractivity contribution in [2.45, 2.75) is 361 Å². The molecule has 0 radical (unpaired) electrons. The van der Waals surface area contributed by atoms with Crippen molar-refractivity contribution in [3.8, 4) is 0 Å². The van der Waals surface area contributed by atoms with Crippen LogP contribution in [0.5, 0.6) is 0 Å². The molecule has 0 N–H and O–H groups in total. The van der Waals surface area contributed by atoms with Crippen LogP contribution >= 0.6 is 0 Å². The monoisotopic (exact) mass is 1020 g/mol. The average Bonchev–Trinajstić information content (AvgIpc) is 3.39. The van der Waals surface area contributed by atoms with Gasteiger partial charge in [0, 0.05) is 19.3 Å². The minimum Gasteiger partial charge on any atom is -0.462 e. The van der Waals surface area contributed by atoms with Gasteiger partial charge < -0.3 is 14.2 Å². The van der Waals surface area contributed by atoms with Crippen LogP contribution in [0.15, 0.2) is 36.5 Å². The van der Waals surface area contributed by atoms with Crippen LogP contribution in [0.3, 0.4) is 0 Å². The first-order chi connectivity index (χ1) is 36.0. The lowest BCUT2D eigenvalue weighted by Crippen LogP contribution is -2.30. The predicted molar refractivity (Wildman–Crippen MR) is 316 cm³/mol. The number of carbonyl (C=O) groups is 3. The number of allylic oxidation sites excluding steroid dienone is 6. The van der Waals surface area contributed by atoms with Gasteiger partial charge in [0.05, 0.1) is 0 Å². The Hall–Kier alpha value is -2.37. The third kappa shape index (κ3) is 60.4. The zero-order valence-electron chi connectivity index (χ0n) is 49.2. The van der Waals surface area contributed by atoms with Gasteiger partial charge in [0.15, 0.2) is 6.10 Å². The maximum Gasteiger partial charge on any atom is 0.306 e. The van der Waals surface area contributed by atoms with E-state index in [1.165, 1.54) is 238 Å². The minimum atomic E-state index is -0.771. The number of ether oxygens (including phenoxy) is 3. The molecule has 0 aliphatic carbocycles. The van der Waals surface area contributed by atoms with E-state index in [9.17, 15) is 14.4 Å². The maximum atomic E-state index is 12.8. The standard InChI is InChI=1S/C67H124O6/c1-4-7-10-13-16-18-20-22-24-26-28-30-32-33-34-36-37-39-41-43-45-47-49-51-54-57-60-66(69)72-63-64(62-71-65(68)59-56-53-15-12-9-6-3)73-67(70)61-58-55-52-50-48-46-44-42-40-38-35-31-29-27-25-23-21-19-17-14-11-8-5-2/h21,23,27,29,35,38,64H,4-20,22,24-26,28,30-34,36-37,39-63H2,1-3H3/b23-21-,29-27-,38-35-. The molecule has 0 bridgehead atoms. The number of hydrogen-bond acceptors (Lipinski definition) is 6. The topological polar surface area (TPSA) is 78.9 Å². The molecular weight excluding hydrogens is 901 g/mol. The molecule has 0 rings (SSSR count). The highest BCUT2D eigenvalue weighted by molar-refractivity contribution is 5.71. The van der Waals surface area contributed by atoms with E-state index in [0.717, 1.165) is 77.0 Å². The molecule has 0 aromatic rings. The third-order valence-electron chi connectivity index (χ3n) is 14.6. The second-order valence-electron chi connectivity index (χ2n) is 22.0. The zero-order valence-corrected chi connectivity index (χ0v) is 49.2. The van der Waals surface area contributed by atoms with Crippen molar-refractivity contribution in [1.82, 2.24) is 0 Å². The van der Waals surface area contributed by atoms with Crippen LogP contribution in [0, 0.1) is 0 Å². The molecule has 0 aliphatic rings. The first-order valence-corrected chi connectivity index (χ1v) is 32.5. The Labute approximate surface area is 455 Å². The van der Waals surface area contributed by atoms with E-state index in [2.05, 4.69) is 57.2 Å². The molecule has 428 valence electrons. The highest BCUT2D eigenvalue weighted by Crippen LogP contribution is 2.18. The van der Waals surface area contributed by atoms with Crippen LogP contribution in [0.25, 0.3) is 0 Å². The van der Waals surface area contributed by atoms with Crippen molar-refractivity contribution in [2.75, 3.05) is 13.2 Å². The van der Waals surface area contributed by atoms with Gasteiger partial charge in [0.25, 0.3) is 0 Å². The van der Waals surface area contributed by atoms with E-state index >= 15 is 0 Å². The van der Waals surface area contributed by atoms with Crippen LogP contribution < -0.4 is 0 Å². The molecule has 6 heteroatoms. The largest absolute Gasteiger partial charge is 0.462 e. The van der Waals surface area contributed by atoms with Gasteiger partial charge in [0.2, 0.25) is 0 Å². The minimum absolute atomic E-state index is 0.0710. The van der Waals surface area contributed by atoms with Gasteiger partial charge in [-0.25, -0.2) is 0 Å². The quantitative estimate of drug-likeness (QED) is 0.0261. The van der Waals surface area contributed by atoms with Crippen molar-refractivity contribution in [1.29, 1.82) is 0 Å². The molecule has 1 unspecified atom stereocenters. The van der Waals surface area contributed by atoms with Crippen LogP contribution in [-0.4, -0.2) is 37.2 Å². The molecule has 6 nitrogen and oxygen atoms in total. The summed E-state index contributed by atoms with van der Waals surface area (Å²) in [5.41, 5.74) is 0. The van der Waals surface area contributed by atoms with E-state index in [4.69, 9.17) is 14.2 Å². The van der Waals surface area contributed by atoms with Gasteiger partial charge in [-0.1, -0.05) is 314 Å². The van der Waals surface area contributed by atoms with Crippen molar-refractivity contribution < 1.29 is 28.6 Å². The molecular formula is C67H124O6. The zero-order chi connectivity index (χ0) is 52.9. The van der Waals surface area contributed by atoms with E-state index in [1.54, 1.807) is 0 Å². The Morgan fingerprint density at radius 2 is 0.493 bits per heavy atom. The molecule has 0 aromatic heterocycles. The van der Waals surface area contributed by atoms with Gasteiger partial charge in [-0.15, -0.1) is 0 Å². The summed E-state index contributed by atoms with van der Waals surface area (Å²) >= 11 is 0. The normalized spacial score (nSPS) is 12.2. The number of esters is 3. The van der Waals surface area contributed by atoms with Crippen molar-refractivity contribution in [3.05, 3.63) is 36.5 Å². The summed E-state index contributed by atoms with van der Waals surface area (Å²) in [6.07, 6.45) is 76.3. The fourth-order valence-corrected chi connectivity index (χ4v) is 9.75. The third-order valence-corrected chi connectivity index (χ3v) is 14.6. The fraction of sp³-hybridized carbons (Fsp3) is 0.866. The second kappa shape index (κ2) is 62.2. The Morgan fingerprint density at radius 1 is 0.274 bits per heavy atom. The van der Waals surface area contributed by atoms with Crippen molar-refractivity contribution in [3.63, 3.8) is 0 Å². The number of unbranched alkanes of at least 4 members (excludes halogenated alkanes) is 43. The highest BCUT2D eigenvalue weighted by atomic mass is 16.6. The smallest absolute Gasteiger partial charge is 0.306 e. The molecule has 0 amide bonds. The summed E-state index contributed by atoms with van der Waals surface area (Å²) in [6.45, 7) is 6.62. The lowest BCUT2D eigenvalue weighted by Gasteiger charge is -2.18. The first kappa shape index (κ1) is 70.6. The first-order valence-electron chi connectivity index (χ1n) is 32.5. The molecule has 0 saturated carbocycles. The van der Waals surface area contributed by atoms with E-state index in [0.29, 0.717) is 19.3 Å². The predicted octanol–water partition coefficient (Wildman–Crippen LogP) is 22.0. The maximum absolute atomic E-state index is 12.8. The van der Waals surface area contributed by atoms with Gasteiger partial charge in [-0.3, -0.25) is 14.4 Å². The Balaban J connectivity index is 4.05. The molecule has 73 heavy (non-hydrogen) atoms. The van der Waals surface area contributed by atoms with E-state index in [1.807, 2.05) is 0 Å². The lowest BCUT2D eigenvalue weighted by molar-refractivity contribution is -0.167. The van der Waals surface area contributed by atoms with Crippen LogP contribution in [0.4, 0.5) is 0 Å². The van der Waals surface area contributed by atoms with Crippen molar-refractivity contribution in [2.24, 2.45) is 0 Å². The van der Waals surface area contributed by atoms with Gasteiger partial charge in [0.1, 0.15) is 13.2 Å². The average molecular weight is 1030 g/mol. The Bertz CT molecular complexity index is 1220. The number of carbonyl (C=O) groups excluding carboxylic acids is 3. The molecule has 1 atom stereocenters. The fourth-order valence-electron chi connectivity index (χ4n) is 9.75. The van der Waals surface area contributed by atoms with E-state index in [-0.39, 0.29) is 31.1 Å². The summed E-state index contributed by atoms with van der Waals surface area (Å²) in [5, 5.41) is 0. The number of rotatable bonds is 60. The SMILES string of the molecule is CCCCCCC/C=C\C/C=C\C/C=C\CCCCCCCCCCC(=O)OC(COC(=O)CCCCCCCC)COC(=O)CCCCCCCCCCCCCCCCCCCCCCCCCCCC. The molecule has 0 aliphatic heterocycles. The van der Waals surface area contributed by atoms with Crippen LogP contribution in [-0.2, 0) is 28.6 Å². The summed E-state index contributed by atoms with van der Waals surface area (Å²) in [7, 11) is 0. The summed E-state index contributed by atoms with van der Waals surface area (Å²) in [5.74, 6) is -0.868. The molecule has 0 saturated heterocycles. The Morgan fingerprint density at radius 3 is 0.767 bits per heavy atom. The molecule has 0 spiro atoms. The molecule has 0 fully saturated rings. The lowest BCUT2D eigenvalue weighted by atomic mass is 10.0. The van der Waals surface area contributed by atoms with E-state index < -0.39 is 6.10 Å². The van der Waals surface area contributed by atoms with Gasteiger partial charge in [-0.2, -0.15) is 0 Å². The van der Waals surface area contributed by atoms with Gasteiger partial charge >= 0.3 is 17.9 Å². The summed E-state index contributed by atoms with van der Waals surface area (Å²) < 4.78 is 16.8. The van der Waals surface area contributed by atoms with Crippen LogP contribution in [0.2, 0.25) is 0 Å². The molecule has 0 heterocycles. The highest BCUT2D eigenvalue weighted by Gasteiger charge is 2.19. The summed E-state index contributed by atoms with van der Waals surface area (Å²) in [6, 6.07) is 0.